The molecule has 0 bridgehead atoms. The van der Waals surface area contributed by atoms with Gasteiger partial charge in [0.1, 0.15) is 5.75 Å². The molecule has 0 spiro atoms. The molecular weight excluding hydrogens is 303 g/mol. The van der Waals surface area contributed by atoms with Gasteiger partial charge in [-0.3, -0.25) is 0 Å². The summed E-state index contributed by atoms with van der Waals surface area (Å²) in [5.74, 6) is 0.494. The van der Waals surface area contributed by atoms with Gasteiger partial charge >= 0.3 is 6.18 Å². The Morgan fingerprint density at radius 2 is 1.81 bits per heavy atom. The van der Waals surface area contributed by atoms with Crippen LogP contribution in [0.4, 0.5) is 18.9 Å². The number of hydrogen-bond acceptors (Lipinski definition) is 3. The van der Waals surface area contributed by atoms with Crippen LogP contribution in [0.25, 0.3) is 0 Å². The van der Waals surface area contributed by atoms with Gasteiger partial charge in [-0.25, -0.2) is 4.98 Å². The summed E-state index contributed by atoms with van der Waals surface area (Å²) in [5, 5.41) is 2.87. The van der Waals surface area contributed by atoms with Crippen LogP contribution in [0.1, 0.15) is 5.56 Å². The smallest absolute Gasteiger partial charge is 0.417 e. The number of nitrogens with zero attached hydrogens (tertiary/aromatic N) is 1. The van der Waals surface area contributed by atoms with Gasteiger partial charge in [0, 0.05) is 18.0 Å². The zero-order valence-corrected chi connectivity index (χ0v) is 11.3. The van der Waals surface area contributed by atoms with Crippen molar-refractivity contribution >= 4 is 23.0 Å². The Labute approximate surface area is 123 Å². The summed E-state index contributed by atoms with van der Waals surface area (Å²) in [6.45, 7) is 0. The highest BCUT2D eigenvalue weighted by atomic mass is 32.1. The number of nitrogens with two attached hydrogens (primary N) is 1. The highest BCUT2D eigenvalue weighted by Crippen LogP contribution is 2.30. The molecule has 1 aromatic heterocycles. The first kappa shape index (κ1) is 15.0. The Hall–Kier alpha value is -2.35. The van der Waals surface area contributed by atoms with Crippen molar-refractivity contribution in [2.24, 2.45) is 5.73 Å². The lowest BCUT2D eigenvalue weighted by molar-refractivity contribution is -0.137. The molecule has 1 heterocycles. The molecule has 0 saturated carbocycles. The van der Waals surface area contributed by atoms with E-state index >= 15 is 0 Å². The molecule has 2 aromatic rings. The Kier molecular flexibility index (Phi) is 4.27. The number of alkyl halides is 3. The molecule has 0 atom stereocenters. The third kappa shape index (κ3) is 4.32. The average molecular weight is 313 g/mol. The molecule has 0 aliphatic rings. The molecule has 1 aromatic carbocycles. The molecule has 0 aliphatic carbocycles. The van der Waals surface area contributed by atoms with Crippen molar-refractivity contribution in [1.29, 1.82) is 0 Å². The van der Waals surface area contributed by atoms with Crippen LogP contribution in [0, 0.1) is 0 Å². The van der Waals surface area contributed by atoms with E-state index < -0.39 is 11.7 Å². The van der Waals surface area contributed by atoms with E-state index in [1.54, 1.807) is 24.3 Å². The van der Waals surface area contributed by atoms with E-state index in [1.807, 2.05) is 0 Å². The number of hydrogen-bond donors (Lipinski definition) is 2. The quantitative estimate of drug-likeness (QED) is 0.849. The lowest BCUT2D eigenvalue weighted by Gasteiger charge is -2.09. The number of benzene rings is 1. The summed E-state index contributed by atoms with van der Waals surface area (Å²) in [7, 11) is 0. The molecule has 2 rings (SSSR count). The van der Waals surface area contributed by atoms with E-state index in [0.29, 0.717) is 11.4 Å². The summed E-state index contributed by atoms with van der Waals surface area (Å²) < 4.78 is 42.5. The third-order valence-electron chi connectivity index (χ3n) is 2.41. The number of ether oxygens (including phenoxy) is 1. The Morgan fingerprint density at radius 3 is 2.29 bits per heavy atom. The first-order chi connectivity index (χ1) is 9.84. The number of aromatic nitrogens is 1. The van der Waals surface area contributed by atoms with Crippen molar-refractivity contribution < 1.29 is 17.9 Å². The van der Waals surface area contributed by atoms with Gasteiger partial charge in [-0.05, 0) is 42.5 Å². The predicted molar refractivity (Wildman–Crippen MR) is 76.2 cm³/mol. The van der Waals surface area contributed by atoms with Gasteiger partial charge in [0.2, 0.25) is 5.88 Å². The maximum Gasteiger partial charge on any atom is 0.417 e. The standard InChI is InChI=1S/C13H10F3N3OS/c14-13(15,16)8-1-6-11(18-7-8)20-10-4-2-9(3-5-10)19-12(17)21/h1-7H,(H3,17,19,21). The van der Waals surface area contributed by atoms with E-state index in [-0.39, 0.29) is 11.0 Å². The van der Waals surface area contributed by atoms with Crippen molar-refractivity contribution in [3.8, 4) is 11.6 Å². The Bertz CT molecular complexity index is 627. The van der Waals surface area contributed by atoms with E-state index in [1.165, 1.54) is 0 Å². The second-order valence-corrected chi connectivity index (χ2v) is 4.44. The summed E-state index contributed by atoms with van der Waals surface area (Å²) in [5.41, 5.74) is 5.17. The fourth-order valence-corrected chi connectivity index (χ4v) is 1.60. The predicted octanol–water partition coefficient (Wildman–Crippen LogP) is 3.55. The zero-order valence-electron chi connectivity index (χ0n) is 10.5. The van der Waals surface area contributed by atoms with Crippen molar-refractivity contribution in [2.75, 3.05) is 5.32 Å². The lowest BCUT2D eigenvalue weighted by atomic mass is 10.3. The van der Waals surface area contributed by atoms with Gasteiger partial charge in [0.25, 0.3) is 0 Å². The molecule has 0 unspecified atom stereocenters. The molecule has 21 heavy (non-hydrogen) atoms. The molecule has 0 saturated heterocycles. The first-order valence-corrected chi connectivity index (χ1v) is 6.13. The van der Waals surface area contributed by atoms with Crippen LogP contribution in [0.5, 0.6) is 11.6 Å². The number of thiocarbonyl (C=S) groups is 1. The highest BCUT2D eigenvalue weighted by Gasteiger charge is 2.30. The fraction of sp³-hybridized carbons (Fsp3) is 0.0769. The van der Waals surface area contributed by atoms with Crippen molar-refractivity contribution in [3.63, 3.8) is 0 Å². The number of anilines is 1. The molecule has 0 amide bonds. The lowest BCUT2D eigenvalue weighted by Crippen LogP contribution is -2.18. The first-order valence-electron chi connectivity index (χ1n) is 5.72. The second kappa shape index (κ2) is 5.96. The van der Waals surface area contributed by atoms with E-state index in [0.717, 1.165) is 18.3 Å². The minimum atomic E-state index is -4.42. The molecule has 0 fully saturated rings. The van der Waals surface area contributed by atoms with Gasteiger partial charge in [-0.1, -0.05) is 0 Å². The minimum Gasteiger partial charge on any atom is -0.439 e. The molecule has 4 nitrogen and oxygen atoms in total. The van der Waals surface area contributed by atoms with Crippen LogP contribution in [0.15, 0.2) is 42.6 Å². The van der Waals surface area contributed by atoms with Crippen molar-refractivity contribution in [1.82, 2.24) is 4.98 Å². The van der Waals surface area contributed by atoms with Crippen LogP contribution in [0.2, 0.25) is 0 Å². The van der Waals surface area contributed by atoms with Gasteiger partial charge in [0.05, 0.1) is 5.56 Å². The largest absolute Gasteiger partial charge is 0.439 e. The number of pyridine rings is 1. The van der Waals surface area contributed by atoms with E-state index in [9.17, 15) is 13.2 Å². The van der Waals surface area contributed by atoms with Gasteiger partial charge in [-0.2, -0.15) is 13.2 Å². The van der Waals surface area contributed by atoms with Gasteiger partial charge < -0.3 is 15.8 Å². The monoisotopic (exact) mass is 313 g/mol. The average Bonchev–Trinajstić information content (AvgIpc) is 2.40. The molecular formula is C13H10F3N3OS. The van der Waals surface area contributed by atoms with Gasteiger partial charge in [0.15, 0.2) is 5.11 Å². The van der Waals surface area contributed by atoms with Crippen LogP contribution >= 0.6 is 12.2 Å². The summed E-state index contributed by atoms with van der Waals surface area (Å²) in [6.07, 6.45) is -3.70. The fourth-order valence-electron chi connectivity index (χ4n) is 1.48. The maximum absolute atomic E-state index is 12.4. The molecule has 3 N–H and O–H groups in total. The van der Waals surface area contributed by atoms with Crippen molar-refractivity contribution in [2.45, 2.75) is 6.18 Å². The van der Waals surface area contributed by atoms with E-state index in [4.69, 9.17) is 22.7 Å². The maximum atomic E-state index is 12.4. The molecule has 0 radical (unpaired) electrons. The van der Waals surface area contributed by atoms with Crippen LogP contribution in [-0.4, -0.2) is 10.1 Å². The normalized spacial score (nSPS) is 11.0. The van der Waals surface area contributed by atoms with Crippen LogP contribution < -0.4 is 15.8 Å². The number of rotatable bonds is 3. The van der Waals surface area contributed by atoms with E-state index in [2.05, 4.69) is 10.3 Å². The SMILES string of the molecule is NC(=S)Nc1ccc(Oc2ccc(C(F)(F)F)cn2)cc1. The molecule has 8 heteroatoms. The van der Waals surface area contributed by atoms with Crippen LogP contribution in [-0.2, 0) is 6.18 Å². The molecule has 0 aliphatic heterocycles. The Morgan fingerprint density at radius 1 is 1.14 bits per heavy atom. The second-order valence-electron chi connectivity index (χ2n) is 4.00. The summed E-state index contributed by atoms with van der Waals surface area (Å²) in [4.78, 5) is 3.61. The minimum absolute atomic E-state index is 0.0676. The third-order valence-corrected chi connectivity index (χ3v) is 2.51. The summed E-state index contributed by atoms with van der Waals surface area (Å²) >= 11 is 4.69. The summed E-state index contributed by atoms with van der Waals surface area (Å²) in [6, 6.07) is 8.62. The van der Waals surface area contributed by atoms with Gasteiger partial charge in [-0.15, -0.1) is 0 Å². The number of nitrogens with one attached hydrogen (secondary N) is 1. The molecule has 110 valence electrons. The highest BCUT2D eigenvalue weighted by molar-refractivity contribution is 7.80. The van der Waals surface area contributed by atoms with Crippen LogP contribution in [0.3, 0.4) is 0 Å². The Balaban J connectivity index is 2.06. The number of halogens is 3. The topological polar surface area (TPSA) is 60.2 Å². The van der Waals surface area contributed by atoms with Crippen molar-refractivity contribution in [3.05, 3.63) is 48.2 Å². The zero-order chi connectivity index (χ0) is 15.5.